The number of amides is 2. The lowest BCUT2D eigenvalue weighted by atomic mass is 10.1. The summed E-state index contributed by atoms with van der Waals surface area (Å²) < 4.78 is 5.31. The SMILES string of the molecule is CCNC(=O)COc1ccc(NC(=O)c2c(O)c(Cl)cc(Cl)c2Cl)cc1. The van der Waals surface area contributed by atoms with Crippen molar-refractivity contribution in [2.45, 2.75) is 6.92 Å². The maximum absolute atomic E-state index is 12.4. The van der Waals surface area contributed by atoms with E-state index in [1.807, 2.05) is 6.92 Å². The zero-order valence-electron chi connectivity index (χ0n) is 13.6. The predicted molar refractivity (Wildman–Crippen MR) is 102 cm³/mol. The number of ether oxygens (including phenoxy) is 1. The minimum absolute atomic E-state index is 0.0497. The Kier molecular flexibility index (Phi) is 6.97. The Morgan fingerprint density at radius 1 is 1.12 bits per heavy atom. The number of rotatable bonds is 6. The van der Waals surface area contributed by atoms with Crippen molar-refractivity contribution in [1.82, 2.24) is 5.32 Å². The molecule has 0 spiro atoms. The van der Waals surface area contributed by atoms with E-state index in [4.69, 9.17) is 39.5 Å². The van der Waals surface area contributed by atoms with Crippen LogP contribution in [0.25, 0.3) is 0 Å². The maximum atomic E-state index is 12.4. The molecule has 2 amide bonds. The van der Waals surface area contributed by atoms with Gasteiger partial charge in [0, 0.05) is 12.2 Å². The molecule has 0 aliphatic carbocycles. The lowest BCUT2D eigenvalue weighted by Gasteiger charge is -2.11. The van der Waals surface area contributed by atoms with Crippen molar-refractivity contribution in [2.75, 3.05) is 18.5 Å². The molecule has 0 bridgehead atoms. The minimum Gasteiger partial charge on any atom is -0.505 e. The molecule has 0 unspecified atom stereocenters. The van der Waals surface area contributed by atoms with E-state index in [-0.39, 0.29) is 33.1 Å². The van der Waals surface area contributed by atoms with E-state index in [2.05, 4.69) is 10.6 Å². The summed E-state index contributed by atoms with van der Waals surface area (Å²) in [5.41, 5.74) is 0.202. The van der Waals surface area contributed by atoms with Gasteiger partial charge in [-0.05, 0) is 37.3 Å². The maximum Gasteiger partial charge on any atom is 0.261 e. The summed E-state index contributed by atoms with van der Waals surface area (Å²) in [6.45, 7) is 2.23. The van der Waals surface area contributed by atoms with Crippen molar-refractivity contribution < 1.29 is 19.4 Å². The van der Waals surface area contributed by atoms with Crippen LogP contribution in [0.3, 0.4) is 0 Å². The molecule has 0 aliphatic rings. The molecule has 26 heavy (non-hydrogen) atoms. The highest BCUT2D eigenvalue weighted by molar-refractivity contribution is 6.46. The smallest absolute Gasteiger partial charge is 0.261 e. The summed E-state index contributed by atoms with van der Waals surface area (Å²) >= 11 is 17.7. The van der Waals surface area contributed by atoms with Gasteiger partial charge in [-0.1, -0.05) is 34.8 Å². The molecule has 0 saturated heterocycles. The Labute approximate surface area is 165 Å². The Hall–Kier alpha value is -2.15. The lowest BCUT2D eigenvalue weighted by Crippen LogP contribution is -2.28. The van der Waals surface area contributed by atoms with Crippen molar-refractivity contribution >= 4 is 52.3 Å². The van der Waals surface area contributed by atoms with Gasteiger partial charge in [-0.15, -0.1) is 0 Å². The molecule has 0 radical (unpaired) electrons. The second kappa shape index (κ2) is 8.98. The third kappa shape index (κ3) is 4.94. The monoisotopic (exact) mass is 416 g/mol. The number of hydrogen-bond donors (Lipinski definition) is 3. The van der Waals surface area contributed by atoms with Crippen molar-refractivity contribution in [3.8, 4) is 11.5 Å². The zero-order valence-corrected chi connectivity index (χ0v) is 15.9. The summed E-state index contributed by atoms with van der Waals surface area (Å²) in [5.74, 6) is -0.901. The molecule has 0 aliphatic heterocycles. The average Bonchev–Trinajstić information content (AvgIpc) is 2.60. The van der Waals surface area contributed by atoms with E-state index >= 15 is 0 Å². The summed E-state index contributed by atoms with van der Waals surface area (Å²) in [7, 11) is 0. The third-order valence-corrected chi connectivity index (χ3v) is 4.30. The first kappa shape index (κ1) is 20.2. The van der Waals surface area contributed by atoms with Gasteiger partial charge in [0.1, 0.15) is 17.1 Å². The number of benzene rings is 2. The number of anilines is 1. The van der Waals surface area contributed by atoms with Gasteiger partial charge in [-0.25, -0.2) is 0 Å². The van der Waals surface area contributed by atoms with Crippen molar-refractivity contribution in [3.63, 3.8) is 0 Å². The number of likely N-dealkylation sites (N-methyl/N-ethyl adjacent to an activating group) is 1. The van der Waals surface area contributed by atoms with Gasteiger partial charge < -0.3 is 20.5 Å². The number of hydrogen-bond acceptors (Lipinski definition) is 4. The second-order valence-electron chi connectivity index (χ2n) is 5.10. The highest BCUT2D eigenvalue weighted by Gasteiger charge is 2.21. The van der Waals surface area contributed by atoms with Crippen molar-refractivity contribution in [2.24, 2.45) is 0 Å². The van der Waals surface area contributed by atoms with E-state index in [0.717, 1.165) is 0 Å². The van der Waals surface area contributed by atoms with Crippen LogP contribution >= 0.6 is 34.8 Å². The van der Waals surface area contributed by atoms with E-state index in [1.54, 1.807) is 24.3 Å². The number of nitrogens with one attached hydrogen (secondary N) is 2. The first-order valence-corrected chi connectivity index (χ1v) is 8.64. The number of halogens is 3. The predicted octanol–water partition coefficient (Wildman–Crippen LogP) is 4.12. The molecule has 138 valence electrons. The van der Waals surface area contributed by atoms with E-state index < -0.39 is 11.7 Å². The molecule has 0 atom stereocenters. The Morgan fingerprint density at radius 2 is 1.77 bits per heavy atom. The van der Waals surface area contributed by atoms with Gasteiger partial charge in [0.05, 0.1) is 15.1 Å². The summed E-state index contributed by atoms with van der Waals surface area (Å²) in [4.78, 5) is 23.7. The van der Waals surface area contributed by atoms with Crippen LogP contribution in [0, 0.1) is 0 Å². The van der Waals surface area contributed by atoms with Crippen LogP contribution < -0.4 is 15.4 Å². The van der Waals surface area contributed by atoms with Crippen LogP contribution in [0.2, 0.25) is 15.1 Å². The highest BCUT2D eigenvalue weighted by Crippen LogP contribution is 2.38. The highest BCUT2D eigenvalue weighted by atomic mass is 35.5. The summed E-state index contributed by atoms with van der Waals surface area (Å²) in [6, 6.07) is 7.56. The van der Waals surface area contributed by atoms with Gasteiger partial charge in [-0.2, -0.15) is 0 Å². The van der Waals surface area contributed by atoms with Gasteiger partial charge in [0.2, 0.25) is 0 Å². The van der Waals surface area contributed by atoms with Crippen LogP contribution in [0.15, 0.2) is 30.3 Å². The van der Waals surface area contributed by atoms with Crippen LogP contribution in [-0.4, -0.2) is 30.1 Å². The fourth-order valence-corrected chi connectivity index (χ4v) is 2.71. The van der Waals surface area contributed by atoms with Crippen LogP contribution in [0.4, 0.5) is 5.69 Å². The van der Waals surface area contributed by atoms with Gasteiger partial charge in [0.25, 0.3) is 11.8 Å². The lowest BCUT2D eigenvalue weighted by molar-refractivity contribution is -0.122. The molecule has 2 aromatic rings. The van der Waals surface area contributed by atoms with Crippen LogP contribution in [0.1, 0.15) is 17.3 Å². The Morgan fingerprint density at radius 3 is 2.38 bits per heavy atom. The molecule has 0 fully saturated rings. The number of phenols is 1. The normalized spacial score (nSPS) is 10.3. The van der Waals surface area contributed by atoms with Gasteiger partial charge in [-0.3, -0.25) is 9.59 Å². The van der Waals surface area contributed by atoms with E-state index in [1.165, 1.54) is 6.07 Å². The van der Waals surface area contributed by atoms with Crippen molar-refractivity contribution in [3.05, 3.63) is 51.0 Å². The van der Waals surface area contributed by atoms with Gasteiger partial charge >= 0.3 is 0 Å². The number of aromatic hydroxyl groups is 1. The van der Waals surface area contributed by atoms with Crippen LogP contribution in [0.5, 0.6) is 11.5 Å². The molecule has 6 nitrogen and oxygen atoms in total. The quantitative estimate of drug-likeness (QED) is 0.617. The van der Waals surface area contributed by atoms with Crippen LogP contribution in [-0.2, 0) is 4.79 Å². The average molecular weight is 418 g/mol. The van der Waals surface area contributed by atoms with Crippen molar-refractivity contribution in [1.29, 1.82) is 0 Å². The number of phenolic OH excluding ortho intramolecular Hbond substituents is 1. The molecule has 0 aromatic heterocycles. The minimum atomic E-state index is -0.673. The molecule has 0 heterocycles. The molecule has 3 N–H and O–H groups in total. The largest absolute Gasteiger partial charge is 0.505 e. The Bertz CT molecular complexity index is 799. The standard InChI is InChI=1S/C17H15Cl3N2O4/c1-2-21-13(23)8-26-10-5-3-9(4-6-10)22-17(25)14-15(20)11(18)7-12(19)16(14)24/h3-7,24H,2,8H2,1H3,(H,21,23)(H,22,25). The summed E-state index contributed by atoms with van der Waals surface area (Å²) in [5, 5.41) is 15.0. The number of carbonyl (C=O) groups is 2. The molecular formula is C17H15Cl3N2O4. The summed E-state index contributed by atoms with van der Waals surface area (Å²) in [6.07, 6.45) is 0. The van der Waals surface area contributed by atoms with E-state index in [0.29, 0.717) is 18.0 Å². The first-order valence-electron chi connectivity index (χ1n) is 7.50. The third-order valence-electron chi connectivity index (χ3n) is 3.23. The Balaban J connectivity index is 2.08. The first-order chi connectivity index (χ1) is 12.3. The fraction of sp³-hybridized carbons (Fsp3) is 0.176. The fourth-order valence-electron chi connectivity index (χ4n) is 2.02. The second-order valence-corrected chi connectivity index (χ2v) is 6.29. The molecular weight excluding hydrogens is 403 g/mol. The molecule has 9 heteroatoms. The van der Waals surface area contributed by atoms with E-state index in [9.17, 15) is 14.7 Å². The number of carbonyl (C=O) groups excluding carboxylic acids is 2. The van der Waals surface area contributed by atoms with Gasteiger partial charge in [0.15, 0.2) is 6.61 Å². The molecule has 2 aromatic carbocycles. The molecule has 0 saturated carbocycles. The molecule has 2 rings (SSSR count). The zero-order chi connectivity index (χ0) is 19.3. The topological polar surface area (TPSA) is 87.7 Å².